The van der Waals surface area contributed by atoms with Crippen LogP contribution in [0.5, 0.6) is 0 Å². The zero-order valence-electron chi connectivity index (χ0n) is 12.1. The van der Waals surface area contributed by atoms with Crippen molar-refractivity contribution in [2.24, 2.45) is 0 Å². The number of rotatable bonds is 5. The second kappa shape index (κ2) is 11.3. The van der Waals surface area contributed by atoms with Gasteiger partial charge in [0.15, 0.2) is 0 Å². The van der Waals surface area contributed by atoms with Crippen LogP contribution in [0.2, 0.25) is 10.0 Å². The molecule has 0 radical (unpaired) electrons. The lowest BCUT2D eigenvalue weighted by molar-refractivity contribution is -0.122. The van der Waals surface area contributed by atoms with Crippen molar-refractivity contribution in [3.8, 4) is 0 Å². The summed E-state index contributed by atoms with van der Waals surface area (Å²) in [7, 11) is 0. The van der Waals surface area contributed by atoms with E-state index in [1.54, 1.807) is 6.07 Å². The van der Waals surface area contributed by atoms with E-state index >= 15 is 0 Å². The Balaban J connectivity index is 0.00000220. The molecule has 126 valence electrons. The molecule has 0 spiro atoms. The van der Waals surface area contributed by atoms with Gasteiger partial charge in [-0.1, -0.05) is 35.3 Å². The predicted octanol–water partition coefficient (Wildman–Crippen LogP) is 2.40. The van der Waals surface area contributed by atoms with Gasteiger partial charge in [-0.05, 0) is 18.1 Å². The molecule has 0 atom stereocenters. The Morgan fingerprint density at radius 2 is 1.91 bits per heavy atom. The molecule has 0 aliphatic carbocycles. The second-order valence-corrected chi connectivity index (χ2v) is 5.62. The highest BCUT2D eigenvalue weighted by molar-refractivity contribution is 6.42. The lowest BCUT2D eigenvalue weighted by atomic mass is 10.1. The number of amides is 1. The molecule has 22 heavy (non-hydrogen) atoms. The molecular formula is C14H21Cl4N3O. The van der Waals surface area contributed by atoms with Crippen LogP contribution in [0.4, 0.5) is 0 Å². The summed E-state index contributed by atoms with van der Waals surface area (Å²) in [6, 6.07) is 5.55. The van der Waals surface area contributed by atoms with E-state index in [9.17, 15) is 4.79 Å². The molecule has 1 saturated heterocycles. The second-order valence-electron chi connectivity index (χ2n) is 4.84. The molecule has 1 fully saturated rings. The number of carbonyl (C=O) groups is 1. The van der Waals surface area contributed by atoms with Gasteiger partial charge in [0.2, 0.25) is 5.91 Å². The normalized spacial score (nSPS) is 14.6. The molecule has 2 N–H and O–H groups in total. The highest BCUT2D eigenvalue weighted by Crippen LogP contribution is 2.25. The SMILES string of the molecule is Cl.Cl.O=C(CN1CCNCC1)NCCc1cccc(Cl)c1Cl. The summed E-state index contributed by atoms with van der Waals surface area (Å²) < 4.78 is 0. The van der Waals surface area contributed by atoms with Crippen molar-refractivity contribution < 1.29 is 4.79 Å². The van der Waals surface area contributed by atoms with Crippen LogP contribution < -0.4 is 10.6 Å². The number of carbonyl (C=O) groups excluding carboxylic acids is 1. The maximum absolute atomic E-state index is 11.8. The number of nitrogens with one attached hydrogen (secondary N) is 2. The number of hydrogen-bond acceptors (Lipinski definition) is 3. The van der Waals surface area contributed by atoms with Gasteiger partial charge >= 0.3 is 0 Å². The van der Waals surface area contributed by atoms with Crippen molar-refractivity contribution in [1.29, 1.82) is 0 Å². The van der Waals surface area contributed by atoms with Crippen LogP contribution in [0.25, 0.3) is 0 Å². The third kappa shape index (κ3) is 6.90. The largest absolute Gasteiger partial charge is 0.355 e. The fraction of sp³-hybridized carbons (Fsp3) is 0.500. The van der Waals surface area contributed by atoms with E-state index in [1.807, 2.05) is 12.1 Å². The third-order valence-electron chi connectivity index (χ3n) is 3.32. The summed E-state index contributed by atoms with van der Waals surface area (Å²) >= 11 is 12.1. The first-order valence-corrected chi connectivity index (χ1v) is 7.55. The summed E-state index contributed by atoms with van der Waals surface area (Å²) in [5.74, 6) is 0.0602. The average molecular weight is 389 g/mol. The highest BCUT2D eigenvalue weighted by atomic mass is 35.5. The van der Waals surface area contributed by atoms with E-state index in [2.05, 4.69) is 15.5 Å². The summed E-state index contributed by atoms with van der Waals surface area (Å²) in [5.41, 5.74) is 0.960. The van der Waals surface area contributed by atoms with Gasteiger partial charge < -0.3 is 10.6 Å². The molecule has 1 heterocycles. The Morgan fingerprint density at radius 1 is 1.23 bits per heavy atom. The van der Waals surface area contributed by atoms with Crippen LogP contribution in [0, 0.1) is 0 Å². The van der Waals surface area contributed by atoms with Crippen LogP contribution in [0.15, 0.2) is 18.2 Å². The molecule has 8 heteroatoms. The van der Waals surface area contributed by atoms with Crippen molar-refractivity contribution in [2.45, 2.75) is 6.42 Å². The maximum Gasteiger partial charge on any atom is 0.234 e. The number of benzene rings is 1. The molecule has 0 aromatic heterocycles. The molecule has 4 nitrogen and oxygen atoms in total. The number of nitrogens with zero attached hydrogens (tertiary/aromatic N) is 1. The zero-order chi connectivity index (χ0) is 14.4. The Hall–Kier alpha value is -0.230. The minimum atomic E-state index is 0. The molecular weight excluding hydrogens is 368 g/mol. The van der Waals surface area contributed by atoms with E-state index in [0.29, 0.717) is 29.6 Å². The van der Waals surface area contributed by atoms with Gasteiger partial charge in [0.1, 0.15) is 0 Å². The number of piperazine rings is 1. The molecule has 1 aromatic rings. The molecule has 0 bridgehead atoms. The van der Waals surface area contributed by atoms with Crippen LogP contribution in [-0.4, -0.2) is 50.1 Å². The monoisotopic (exact) mass is 387 g/mol. The number of halogens is 4. The molecule has 1 aliphatic heterocycles. The topological polar surface area (TPSA) is 44.4 Å². The van der Waals surface area contributed by atoms with E-state index in [1.165, 1.54) is 0 Å². The summed E-state index contributed by atoms with van der Waals surface area (Å²) in [6.45, 7) is 4.79. The zero-order valence-corrected chi connectivity index (χ0v) is 15.3. The minimum absolute atomic E-state index is 0. The first kappa shape index (κ1) is 21.8. The molecule has 2 rings (SSSR count). The summed E-state index contributed by atoms with van der Waals surface area (Å²) in [6.07, 6.45) is 0.687. The van der Waals surface area contributed by atoms with Gasteiger partial charge in [-0.25, -0.2) is 0 Å². The Labute approximate surface area is 153 Å². The smallest absolute Gasteiger partial charge is 0.234 e. The third-order valence-corrected chi connectivity index (χ3v) is 4.18. The molecule has 1 aromatic carbocycles. The summed E-state index contributed by atoms with van der Waals surface area (Å²) in [4.78, 5) is 14.0. The van der Waals surface area contributed by atoms with Crippen molar-refractivity contribution in [1.82, 2.24) is 15.5 Å². The average Bonchev–Trinajstić information content (AvgIpc) is 2.44. The molecule has 0 unspecified atom stereocenters. The van der Waals surface area contributed by atoms with E-state index in [4.69, 9.17) is 23.2 Å². The number of hydrogen-bond donors (Lipinski definition) is 2. The van der Waals surface area contributed by atoms with Gasteiger partial charge in [-0.3, -0.25) is 9.69 Å². The van der Waals surface area contributed by atoms with E-state index in [0.717, 1.165) is 31.7 Å². The van der Waals surface area contributed by atoms with Crippen LogP contribution in [-0.2, 0) is 11.2 Å². The summed E-state index contributed by atoms with van der Waals surface area (Å²) in [5, 5.41) is 7.31. The van der Waals surface area contributed by atoms with Gasteiger partial charge in [0.05, 0.1) is 16.6 Å². The van der Waals surface area contributed by atoms with Crippen molar-refractivity contribution in [3.63, 3.8) is 0 Å². The highest BCUT2D eigenvalue weighted by Gasteiger charge is 2.13. The Kier molecular flexibility index (Phi) is 11.2. The molecule has 0 saturated carbocycles. The van der Waals surface area contributed by atoms with Crippen LogP contribution >= 0.6 is 48.0 Å². The Bertz CT molecular complexity index is 467. The molecule has 1 amide bonds. The van der Waals surface area contributed by atoms with E-state index < -0.39 is 0 Å². The lowest BCUT2D eigenvalue weighted by Gasteiger charge is -2.26. The van der Waals surface area contributed by atoms with Crippen LogP contribution in [0.1, 0.15) is 5.56 Å². The van der Waals surface area contributed by atoms with Gasteiger partial charge in [-0.15, -0.1) is 24.8 Å². The first-order chi connectivity index (χ1) is 9.66. The Morgan fingerprint density at radius 3 is 2.59 bits per heavy atom. The van der Waals surface area contributed by atoms with Gasteiger partial charge in [-0.2, -0.15) is 0 Å². The van der Waals surface area contributed by atoms with Crippen LogP contribution in [0.3, 0.4) is 0 Å². The fourth-order valence-electron chi connectivity index (χ4n) is 2.21. The van der Waals surface area contributed by atoms with Crippen molar-refractivity contribution in [2.75, 3.05) is 39.3 Å². The van der Waals surface area contributed by atoms with Gasteiger partial charge in [0.25, 0.3) is 0 Å². The first-order valence-electron chi connectivity index (χ1n) is 6.79. The minimum Gasteiger partial charge on any atom is -0.355 e. The van der Waals surface area contributed by atoms with Gasteiger partial charge in [0, 0.05) is 32.7 Å². The van der Waals surface area contributed by atoms with Crippen molar-refractivity contribution in [3.05, 3.63) is 33.8 Å². The lowest BCUT2D eigenvalue weighted by Crippen LogP contribution is -2.47. The fourth-order valence-corrected chi connectivity index (χ4v) is 2.62. The predicted molar refractivity (Wildman–Crippen MR) is 97.0 cm³/mol. The van der Waals surface area contributed by atoms with E-state index in [-0.39, 0.29) is 30.7 Å². The van der Waals surface area contributed by atoms with Crippen molar-refractivity contribution >= 4 is 53.9 Å². The standard InChI is InChI=1S/C14H19Cl2N3O.2ClH/c15-12-3-1-2-11(14(12)16)4-5-18-13(20)10-19-8-6-17-7-9-19;;/h1-3,17H,4-10H2,(H,18,20);2*1H. The molecule has 1 aliphatic rings. The maximum atomic E-state index is 11.8. The quantitative estimate of drug-likeness (QED) is 0.813.